The van der Waals surface area contributed by atoms with E-state index in [0.29, 0.717) is 29.4 Å². The van der Waals surface area contributed by atoms with Crippen molar-refractivity contribution in [3.8, 4) is 0 Å². The molecule has 0 aliphatic heterocycles. The first kappa shape index (κ1) is 19.4. The highest BCUT2D eigenvalue weighted by atomic mass is 35.5. The smallest absolute Gasteiger partial charge is 0.126 e. The first-order valence-electron chi connectivity index (χ1n) is 7.67. The van der Waals surface area contributed by atoms with E-state index >= 15 is 0 Å². The molecule has 0 saturated heterocycles. The summed E-state index contributed by atoms with van der Waals surface area (Å²) >= 11 is 6.15. The summed E-state index contributed by atoms with van der Waals surface area (Å²) in [7, 11) is 0. The molecule has 1 unspecified atom stereocenters. The Balaban J connectivity index is 0.00000127. The lowest BCUT2D eigenvalue weighted by Gasteiger charge is -2.17. The maximum atomic E-state index is 13.1. The third-order valence-corrected chi connectivity index (χ3v) is 3.61. The Morgan fingerprint density at radius 2 is 1.74 bits per heavy atom. The summed E-state index contributed by atoms with van der Waals surface area (Å²) in [6.07, 6.45) is 0. The Morgan fingerprint density at radius 3 is 2.30 bits per heavy atom. The van der Waals surface area contributed by atoms with Gasteiger partial charge in [-0.05, 0) is 41.3 Å². The average Bonchev–Trinajstić information content (AvgIpc) is 2.48. The van der Waals surface area contributed by atoms with Crippen molar-refractivity contribution in [2.75, 3.05) is 12.3 Å². The molecule has 0 radical (unpaired) electrons. The van der Waals surface area contributed by atoms with Gasteiger partial charge in [-0.1, -0.05) is 38.4 Å². The van der Waals surface area contributed by atoms with Crippen LogP contribution in [-0.2, 0) is 6.54 Å². The third kappa shape index (κ3) is 5.81. The van der Waals surface area contributed by atoms with E-state index in [4.69, 9.17) is 17.3 Å². The molecule has 0 bridgehead atoms. The van der Waals surface area contributed by atoms with Gasteiger partial charge in [0, 0.05) is 29.9 Å². The molecule has 0 amide bonds. The Bertz CT molecular complexity index is 592. The van der Waals surface area contributed by atoms with Crippen LogP contribution in [0.1, 0.15) is 37.8 Å². The fourth-order valence-electron chi connectivity index (χ4n) is 2.32. The fourth-order valence-corrected chi connectivity index (χ4v) is 2.69. The number of hydrogen-bond donors (Lipinski definition) is 2. The molecule has 0 aliphatic carbocycles. The number of nitrogen functional groups attached to an aromatic ring is 1. The largest absolute Gasteiger partial charge is 0.398 e. The maximum Gasteiger partial charge on any atom is 0.126 e. The fraction of sp³-hybridized carbons (Fsp3) is 0.333. The third-order valence-electron chi connectivity index (χ3n) is 3.28. The van der Waals surface area contributed by atoms with E-state index in [0.717, 1.165) is 11.6 Å². The van der Waals surface area contributed by atoms with Gasteiger partial charge in [0.1, 0.15) is 11.6 Å². The summed E-state index contributed by atoms with van der Waals surface area (Å²) in [6.45, 7) is 6.98. The number of nitrogens with one attached hydrogen (secondary N) is 1. The SMILES string of the molecule is CC.CC(CNCc1cc(F)cc(F)c1)c1c(N)cccc1Cl. The van der Waals surface area contributed by atoms with Crippen LogP contribution in [0.2, 0.25) is 5.02 Å². The lowest BCUT2D eigenvalue weighted by Crippen LogP contribution is -2.20. The Morgan fingerprint density at radius 1 is 1.13 bits per heavy atom. The monoisotopic (exact) mass is 340 g/mol. The Labute approximate surface area is 141 Å². The summed E-state index contributed by atoms with van der Waals surface area (Å²) < 4.78 is 26.2. The number of rotatable bonds is 5. The van der Waals surface area contributed by atoms with Crippen LogP contribution in [0.5, 0.6) is 0 Å². The zero-order valence-electron chi connectivity index (χ0n) is 13.7. The highest BCUT2D eigenvalue weighted by Crippen LogP contribution is 2.29. The van der Waals surface area contributed by atoms with E-state index in [1.807, 2.05) is 20.8 Å². The number of hydrogen-bond acceptors (Lipinski definition) is 2. The quantitative estimate of drug-likeness (QED) is 0.741. The Kier molecular flexibility index (Phi) is 8.00. The zero-order valence-corrected chi connectivity index (χ0v) is 14.4. The number of nitrogens with two attached hydrogens (primary N) is 1. The van der Waals surface area contributed by atoms with Gasteiger partial charge in [-0.15, -0.1) is 0 Å². The van der Waals surface area contributed by atoms with Crippen LogP contribution in [0.4, 0.5) is 14.5 Å². The van der Waals surface area contributed by atoms with Crippen LogP contribution in [0, 0.1) is 11.6 Å². The molecule has 2 nitrogen and oxygen atoms in total. The van der Waals surface area contributed by atoms with Crippen LogP contribution in [-0.4, -0.2) is 6.54 Å². The van der Waals surface area contributed by atoms with Crippen molar-refractivity contribution in [3.63, 3.8) is 0 Å². The van der Waals surface area contributed by atoms with Gasteiger partial charge in [-0.3, -0.25) is 0 Å². The van der Waals surface area contributed by atoms with Gasteiger partial charge in [0.2, 0.25) is 0 Å². The second kappa shape index (κ2) is 9.48. The lowest BCUT2D eigenvalue weighted by atomic mass is 9.99. The van der Waals surface area contributed by atoms with Gasteiger partial charge >= 0.3 is 0 Å². The van der Waals surface area contributed by atoms with Gasteiger partial charge in [0.25, 0.3) is 0 Å². The minimum atomic E-state index is -0.574. The minimum Gasteiger partial charge on any atom is -0.398 e. The van der Waals surface area contributed by atoms with Crippen LogP contribution in [0.25, 0.3) is 0 Å². The molecule has 3 N–H and O–H groups in total. The van der Waals surface area contributed by atoms with E-state index in [2.05, 4.69) is 5.32 Å². The van der Waals surface area contributed by atoms with Crippen LogP contribution >= 0.6 is 11.6 Å². The van der Waals surface area contributed by atoms with Crippen molar-refractivity contribution in [1.29, 1.82) is 0 Å². The molecular weight excluding hydrogens is 318 g/mol. The number of halogens is 3. The van der Waals surface area contributed by atoms with Crippen molar-refractivity contribution >= 4 is 17.3 Å². The van der Waals surface area contributed by atoms with Crippen molar-refractivity contribution in [2.24, 2.45) is 0 Å². The molecule has 0 aliphatic rings. The summed E-state index contributed by atoms with van der Waals surface area (Å²) in [5.41, 5.74) is 8.03. The predicted octanol–water partition coefficient (Wildman–Crippen LogP) is 5.12. The summed E-state index contributed by atoms with van der Waals surface area (Å²) in [5.74, 6) is -1.05. The molecule has 0 saturated carbocycles. The minimum absolute atomic E-state index is 0.0945. The van der Waals surface area contributed by atoms with E-state index < -0.39 is 11.6 Å². The van der Waals surface area contributed by atoms with Crippen LogP contribution in [0.3, 0.4) is 0 Å². The highest BCUT2D eigenvalue weighted by molar-refractivity contribution is 6.31. The normalized spacial score (nSPS) is 11.6. The van der Waals surface area contributed by atoms with Crippen LogP contribution in [0.15, 0.2) is 36.4 Å². The lowest BCUT2D eigenvalue weighted by molar-refractivity contribution is 0.570. The van der Waals surface area contributed by atoms with Gasteiger partial charge in [0.05, 0.1) is 0 Å². The van der Waals surface area contributed by atoms with Crippen molar-refractivity contribution in [2.45, 2.75) is 33.2 Å². The molecule has 2 aromatic carbocycles. The molecule has 2 rings (SSSR count). The highest BCUT2D eigenvalue weighted by Gasteiger charge is 2.12. The van der Waals surface area contributed by atoms with E-state index in [-0.39, 0.29) is 5.92 Å². The molecule has 23 heavy (non-hydrogen) atoms. The summed E-state index contributed by atoms with van der Waals surface area (Å²) in [4.78, 5) is 0. The molecule has 0 heterocycles. The van der Waals surface area contributed by atoms with E-state index in [1.54, 1.807) is 18.2 Å². The first-order valence-corrected chi connectivity index (χ1v) is 8.04. The first-order chi connectivity index (χ1) is 11.0. The molecule has 1 atom stereocenters. The Hall–Kier alpha value is -1.65. The molecular formula is C18H23ClF2N2. The molecule has 0 fully saturated rings. The molecule has 0 spiro atoms. The van der Waals surface area contributed by atoms with Crippen LogP contribution < -0.4 is 11.1 Å². The molecule has 5 heteroatoms. The van der Waals surface area contributed by atoms with Crippen molar-refractivity contribution in [1.82, 2.24) is 5.32 Å². The van der Waals surface area contributed by atoms with Gasteiger partial charge in [-0.25, -0.2) is 8.78 Å². The van der Waals surface area contributed by atoms with Gasteiger partial charge in [-0.2, -0.15) is 0 Å². The standard InChI is InChI=1S/C16H17ClF2N2.C2H6/c1-10(16-14(17)3-2-4-15(16)20)8-21-9-11-5-12(18)7-13(19)6-11;1-2/h2-7,10,21H,8-9,20H2,1H3;1-2H3. The number of benzene rings is 2. The van der Waals surface area contributed by atoms with Crippen molar-refractivity contribution in [3.05, 3.63) is 64.2 Å². The maximum absolute atomic E-state index is 13.1. The molecule has 126 valence electrons. The summed E-state index contributed by atoms with van der Waals surface area (Å²) in [5, 5.41) is 3.79. The van der Waals surface area contributed by atoms with E-state index in [1.165, 1.54) is 12.1 Å². The molecule has 0 aromatic heterocycles. The summed E-state index contributed by atoms with van der Waals surface area (Å²) in [6, 6.07) is 8.88. The topological polar surface area (TPSA) is 38.0 Å². The zero-order chi connectivity index (χ0) is 17.4. The van der Waals surface area contributed by atoms with E-state index in [9.17, 15) is 8.78 Å². The number of anilines is 1. The average molecular weight is 341 g/mol. The second-order valence-electron chi connectivity index (χ2n) is 5.05. The second-order valence-corrected chi connectivity index (χ2v) is 5.46. The molecule has 2 aromatic rings. The predicted molar refractivity (Wildman–Crippen MR) is 93.7 cm³/mol. The van der Waals surface area contributed by atoms with Gasteiger partial charge < -0.3 is 11.1 Å². The van der Waals surface area contributed by atoms with Crippen molar-refractivity contribution < 1.29 is 8.78 Å². The van der Waals surface area contributed by atoms with Gasteiger partial charge in [0.15, 0.2) is 0 Å².